The zero-order valence-corrected chi connectivity index (χ0v) is 11.6. The van der Waals surface area contributed by atoms with Gasteiger partial charge in [-0.3, -0.25) is 4.98 Å². The average molecular weight is 292 g/mol. The summed E-state index contributed by atoms with van der Waals surface area (Å²) in [6.45, 7) is 2.24. The Bertz CT molecular complexity index is 644. The molecule has 0 spiro atoms. The monoisotopic (exact) mass is 291 g/mol. The molecular weight excluding hydrogens is 278 g/mol. The van der Waals surface area contributed by atoms with Gasteiger partial charge >= 0.3 is 0 Å². The molecule has 1 aromatic carbocycles. The van der Waals surface area contributed by atoms with Crippen LogP contribution in [0.2, 0.25) is 5.02 Å². The van der Waals surface area contributed by atoms with Gasteiger partial charge in [-0.1, -0.05) is 28.9 Å². The van der Waals surface area contributed by atoms with E-state index in [-0.39, 0.29) is 5.84 Å². The molecule has 0 atom stereocenters. The number of ether oxygens (including phenoxy) is 1. The average Bonchev–Trinajstić information content (AvgIpc) is 2.47. The fourth-order valence-corrected chi connectivity index (χ4v) is 1.82. The molecule has 0 aliphatic carbocycles. The van der Waals surface area contributed by atoms with Crippen LogP contribution in [0.1, 0.15) is 16.7 Å². The van der Waals surface area contributed by atoms with Crippen LogP contribution in [0.25, 0.3) is 0 Å². The summed E-state index contributed by atoms with van der Waals surface area (Å²) in [5.41, 5.74) is 7.94. The van der Waals surface area contributed by atoms with Crippen molar-refractivity contribution >= 4 is 17.4 Å². The van der Waals surface area contributed by atoms with Crippen molar-refractivity contribution in [2.45, 2.75) is 13.5 Å². The summed E-state index contributed by atoms with van der Waals surface area (Å²) in [6, 6.07) is 7.12. The summed E-state index contributed by atoms with van der Waals surface area (Å²) >= 11 is 6.02. The number of halogens is 1. The fourth-order valence-electron chi connectivity index (χ4n) is 1.65. The summed E-state index contributed by atoms with van der Waals surface area (Å²) in [5, 5.41) is 12.2. The molecule has 104 valence electrons. The molecule has 0 saturated heterocycles. The summed E-state index contributed by atoms with van der Waals surface area (Å²) in [7, 11) is 0. The zero-order valence-electron chi connectivity index (χ0n) is 10.9. The van der Waals surface area contributed by atoms with Crippen LogP contribution in [0.5, 0.6) is 5.75 Å². The summed E-state index contributed by atoms with van der Waals surface area (Å²) in [5.74, 6) is 0.693. The Balaban J connectivity index is 2.19. The molecule has 1 heterocycles. The maximum Gasteiger partial charge on any atom is 0.170 e. The number of oxime groups is 1. The minimum Gasteiger partial charge on any atom is -0.489 e. The number of benzene rings is 1. The molecule has 0 bridgehead atoms. The van der Waals surface area contributed by atoms with E-state index in [4.69, 9.17) is 27.3 Å². The molecule has 0 saturated carbocycles. The molecule has 2 aromatic rings. The molecular formula is C14H14ClN3O2. The Kier molecular flexibility index (Phi) is 4.42. The molecule has 0 fully saturated rings. The van der Waals surface area contributed by atoms with Gasteiger partial charge in [0.2, 0.25) is 0 Å². The van der Waals surface area contributed by atoms with Crippen molar-refractivity contribution in [2.24, 2.45) is 10.9 Å². The second kappa shape index (κ2) is 6.25. The lowest BCUT2D eigenvalue weighted by Gasteiger charge is -2.11. The lowest BCUT2D eigenvalue weighted by molar-refractivity contribution is 0.304. The van der Waals surface area contributed by atoms with Gasteiger partial charge in [-0.05, 0) is 24.6 Å². The number of nitrogens with zero attached hydrogens (tertiary/aromatic N) is 2. The second-order valence-corrected chi connectivity index (χ2v) is 4.63. The molecule has 1 aromatic heterocycles. The number of hydrogen-bond donors (Lipinski definition) is 2. The van der Waals surface area contributed by atoms with Gasteiger partial charge in [0.1, 0.15) is 12.4 Å². The molecule has 2 rings (SSSR count). The van der Waals surface area contributed by atoms with Crippen LogP contribution in [0.15, 0.2) is 41.8 Å². The number of aryl methyl sites for hydroxylation is 1. The SMILES string of the molecule is Cc1ccc(/C(N)=N/O)cc1OCc1ccncc1Cl. The van der Waals surface area contributed by atoms with Crippen molar-refractivity contribution in [3.05, 3.63) is 58.4 Å². The van der Waals surface area contributed by atoms with Crippen molar-refractivity contribution in [1.82, 2.24) is 4.98 Å². The Morgan fingerprint density at radius 2 is 2.25 bits per heavy atom. The topological polar surface area (TPSA) is 80.7 Å². The highest BCUT2D eigenvalue weighted by Crippen LogP contribution is 2.22. The van der Waals surface area contributed by atoms with E-state index in [1.807, 2.05) is 13.0 Å². The molecule has 20 heavy (non-hydrogen) atoms. The van der Waals surface area contributed by atoms with E-state index < -0.39 is 0 Å². The predicted octanol–water partition coefficient (Wildman–Crippen LogP) is 2.72. The molecule has 0 aliphatic rings. The van der Waals surface area contributed by atoms with Gasteiger partial charge in [-0.25, -0.2) is 0 Å². The van der Waals surface area contributed by atoms with Gasteiger partial charge in [0.25, 0.3) is 0 Å². The van der Waals surface area contributed by atoms with E-state index in [2.05, 4.69) is 10.1 Å². The van der Waals surface area contributed by atoms with Crippen molar-refractivity contribution in [1.29, 1.82) is 0 Å². The molecule has 3 N–H and O–H groups in total. The quantitative estimate of drug-likeness (QED) is 0.393. The summed E-state index contributed by atoms with van der Waals surface area (Å²) < 4.78 is 5.73. The predicted molar refractivity (Wildman–Crippen MR) is 77.3 cm³/mol. The van der Waals surface area contributed by atoms with Crippen LogP contribution in [0, 0.1) is 6.92 Å². The maximum atomic E-state index is 8.69. The van der Waals surface area contributed by atoms with Crippen LogP contribution in [-0.2, 0) is 6.61 Å². The lowest BCUT2D eigenvalue weighted by atomic mass is 10.1. The third-order valence-corrected chi connectivity index (χ3v) is 3.17. The van der Waals surface area contributed by atoms with Gasteiger partial charge in [0.05, 0.1) is 5.02 Å². The standard InChI is InChI=1S/C14H14ClN3O2/c1-9-2-3-10(14(16)18-19)6-13(9)20-8-11-4-5-17-7-12(11)15/h2-7,19H,8H2,1H3,(H2,16,18). The number of nitrogens with two attached hydrogens (primary N) is 1. The molecule has 0 amide bonds. The summed E-state index contributed by atoms with van der Waals surface area (Å²) in [4.78, 5) is 3.92. The third kappa shape index (κ3) is 3.19. The van der Waals surface area contributed by atoms with Gasteiger partial charge in [-0.15, -0.1) is 0 Å². The third-order valence-electron chi connectivity index (χ3n) is 2.83. The first kappa shape index (κ1) is 14.1. The van der Waals surface area contributed by atoms with E-state index in [0.717, 1.165) is 11.1 Å². The van der Waals surface area contributed by atoms with E-state index in [1.165, 1.54) is 0 Å². The first-order valence-electron chi connectivity index (χ1n) is 5.91. The van der Waals surface area contributed by atoms with Gasteiger partial charge in [0, 0.05) is 23.5 Å². The molecule has 5 nitrogen and oxygen atoms in total. The van der Waals surface area contributed by atoms with Crippen LogP contribution in [0.4, 0.5) is 0 Å². The van der Waals surface area contributed by atoms with Crippen LogP contribution in [0.3, 0.4) is 0 Å². The highest BCUT2D eigenvalue weighted by molar-refractivity contribution is 6.31. The van der Waals surface area contributed by atoms with E-state index in [1.54, 1.807) is 30.6 Å². The minimum absolute atomic E-state index is 0.0387. The lowest BCUT2D eigenvalue weighted by Crippen LogP contribution is -2.13. The summed E-state index contributed by atoms with van der Waals surface area (Å²) in [6.07, 6.45) is 3.23. The Labute approximate surface area is 121 Å². The van der Waals surface area contributed by atoms with Crippen molar-refractivity contribution < 1.29 is 9.94 Å². The number of rotatable bonds is 4. The molecule has 6 heteroatoms. The Morgan fingerprint density at radius 3 is 2.95 bits per heavy atom. The van der Waals surface area contributed by atoms with E-state index in [0.29, 0.717) is 22.9 Å². The molecule has 0 radical (unpaired) electrons. The zero-order chi connectivity index (χ0) is 14.5. The first-order valence-corrected chi connectivity index (χ1v) is 6.29. The molecule has 0 aliphatic heterocycles. The Morgan fingerprint density at radius 1 is 1.45 bits per heavy atom. The van der Waals surface area contributed by atoms with Crippen molar-refractivity contribution in [2.75, 3.05) is 0 Å². The van der Waals surface area contributed by atoms with Crippen molar-refractivity contribution in [3.8, 4) is 5.75 Å². The maximum absolute atomic E-state index is 8.69. The first-order chi connectivity index (χ1) is 9.61. The van der Waals surface area contributed by atoms with Crippen LogP contribution >= 0.6 is 11.6 Å². The largest absolute Gasteiger partial charge is 0.489 e. The number of hydrogen-bond acceptors (Lipinski definition) is 4. The highest BCUT2D eigenvalue weighted by Gasteiger charge is 2.07. The van der Waals surface area contributed by atoms with E-state index >= 15 is 0 Å². The fraction of sp³-hybridized carbons (Fsp3) is 0.143. The van der Waals surface area contributed by atoms with Crippen LogP contribution < -0.4 is 10.5 Å². The second-order valence-electron chi connectivity index (χ2n) is 4.22. The smallest absolute Gasteiger partial charge is 0.170 e. The van der Waals surface area contributed by atoms with Gasteiger partial charge < -0.3 is 15.7 Å². The number of pyridine rings is 1. The molecule has 0 unspecified atom stereocenters. The highest BCUT2D eigenvalue weighted by atomic mass is 35.5. The van der Waals surface area contributed by atoms with E-state index in [9.17, 15) is 0 Å². The van der Waals surface area contributed by atoms with Crippen molar-refractivity contribution in [3.63, 3.8) is 0 Å². The normalized spacial score (nSPS) is 11.4. The van der Waals surface area contributed by atoms with Gasteiger partial charge in [-0.2, -0.15) is 0 Å². The minimum atomic E-state index is 0.0387. The number of aromatic nitrogens is 1. The van der Waals surface area contributed by atoms with Crippen LogP contribution in [-0.4, -0.2) is 16.0 Å². The van der Waals surface area contributed by atoms with Gasteiger partial charge in [0.15, 0.2) is 5.84 Å². The Hall–Kier alpha value is -2.27. The number of amidine groups is 1.